The van der Waals surface area contributed by atoms with Crippen LogP contribution in [0.25, 0.3) is 17.7 Å². The van der Waals surface area contributed by atoms with Crippen LogP contribution in [-0.4, -0.2) is 37.7 Å². The Bertz CT molecular complexity index is 1290. The van der Waals surface area contributed by atoms with Crippen molar-refractivity contribution in [3.63, 3.8) is 0 Å². The third-order valence-corrected chi connectivity index (χ3v) is 5.46. The van der Waals surface area contributed by atoms with E-state index in [9.17, 15) is 9.59 Å². The predicted molar refractivity (Wildman–Crippen MR) is 132 cm³/mol. The molecule has 8 nitrogen and oxygen atoms in total. The summed E-state index contributed by atoms with van der Waals surface area (Å²) in [6.45, 7) is 0. The molecular weight excluding hydrogens is 434 g/mol. The molecule has 0 unspecified atom stereocenters. The van der Waals surface area contributed by atoms with Crippen LogP contribution in [0.2, 0.25) is 0 Å². The molecule has 0 aliphatic carbocycles. The minimum atomic E-state index is -0.320. The second-order valence-corrected chi connectivity index (χ2v) is 7.60. The molecular formula is C26H25N3O5. The zero-order valence-electron chi connectivity index (χ0n) is 19.3. The highest BCUT2D eigenvalue weighted by atomic mass is 16.5. The first-order valence-electron chi connectivity index (χ1n) is 10.5. The molecule has 2 N–H and O–H groups in total. The summed E-state index contributed by atoms with van der Waals surface area (Å²) in [7, 11) is 6.51. The molecule has 0 bridgehead atoms. The van der Waals surface area contributed by atoms with Gasteiger partial charge in [0.2, 0.25) is 11.7 Å². The number of methoxy groups -OCH3 is 3. The van der Waals surface area contributed by atoms with E-state index in [0.29, 0.717) is 39.8 Å². The van der Waals surface area contributed by atoms with Gasteiger partial charge in [0, 0.05) is 42.0 Å². The molecule has 0 atom stereocenters. The second kappa shape index (κ2) is 9.58. The Balaban J connectivity index is 1.54. The van der Waals surface area contributed by atoms with Gasteiger partial charge in [-0.2, -0.15) is 0 Å². The fourth-order valence-electron chi connectivity index (χ4n) is 3.73. The van der Waals surface area contributed by atoms with Gasteiger partial charge in [0.1, 0.15) is 0 Å². The van der Waals surface area contributed by atoms with Gasteiger partial charge in [-0.3, -0.25) is 9.59 Å². The Morgan fingerprint density at radius 2 is 1.76 bits per heavy atom. The summed E-state index contributed by atoms with van der Waals surface area (Å²) in [5, 5.41) is 5.70. The Kier molecular flexibility index (Phi) is 6.40. The summed E-state index contributed by atoms with van der Waals surface area (Å²) >= 11 is 0. The van der Waals surface area contributed by atoms with Crippen molar-refractivity contribution in [2.45, 2.75) is 0 Å². The van der Waals surface area contributed by atoms with Crippen LogP contribution >= 0.6 is 0 Å². The fraction of sp³-hybridized carbons (Fsp3) is 0.154. The number of nitrogens with one attached hydrogen (secondary N) is 2. The number of aryl methyl sites for hydroxylation is 1. The van der Waals surface area contributed by atoms with Crippen LogP contribution in [0.3, 0.4) is 0 Å². The van der Waals surface area contributed by atoms with Crippen LogP contribution in [-0.2, 0) is 16.6 Å². The van der Waals surface area contributed by atoms with Crippen molar-refractivity contribution in [3.05, 3.63) is 71.6 Å². The average molecular weight is 460 g/mol. The van der Waals surface area contributed by atoms with Crippen LogP contribution < -0.4 is 24.8 Å². The highest BCUT2D eigenvalue weighted by Crippen LogP contribution is 2.38. The van der Waals surface area contributed by atoms with Crippen molar-refractivity contribution in [3.8, 4) is 17.2 Å². The number of ether oxygens (including phenoxy) is 3. The third kappa shape index (κ3) is 4.52. The number of nitrogens with zero attached hydrogens (tertiary/aromatic N) is 1. The lowest BCUT2D eigenvalue weighted by atomic mass is 10.1. The van der Waals surface area contributed by atoms with Gasteiger partial charge in [0.05, 0.1) is 26.9 Å². The van der Waals surface area contributed by atoms with E-state index < -0.39 is 0 Å². The predicted octanol–water partition coefficient (Wildman–Crippen LogP) is 4.20. The van der Waals surface area contributed by atoms with Crippen LogP contribution in [0.4, 0.5) is 11.4 Å². The minimum Gasteiger partial charge on any atom is -0.493 e. The highest BCUT2D eigenvalue weighted by molar-refractivity contribution is 6.35. The van der Waals surface area contributed by atoms with E-state index in [-0.39, 0.29) is 11.8 Å². The van der Waals surface area contributed by atoms with E-state index >= 15 is 0 Å². The molecule has 1 aliphatic heterocycles. The highest BCUT2D eigenvalue weighted by Gasteiger charge is 2.24. The molecule has 2 amide bonds. The van der Waals surface area contributed by atoms with Gasteiger partial charge in [0.15, 0.2) is 11.5 Å². The van der Waals surface area contributed by atoms with E-state index in [2.05, 4.69) is 10.6 Å². The van der Waals surface area contributed by atoms with Gasteiger partial charge in [-0.05, 0) is 60.2 Å². The van der Waals surface area contributed by atoms with Crippen molar-refractivity contribution in [2.24, 2.45) is 7.05 Å². The van der Waals surface area contributed by atoms with Crippen LogP contribution in [0, 0.1) is 0 Å². The van der Waals surface area contributed by atoms with Gasteiger partial charge in [-0.15, -0.1) is 0 Å². The quantitative estimate of drug-likeness (QED) is 0.517. The first-order chi connectivity index (χ1) is 16.4. The molecule has 2 aromatic carbocycles. The van der Waals surface area contributed by atoms with E-state index in [1.54, 1.807) is 36.4 Å². The van der Waals surface area contributed by atoms with E-state index in [0.717, 1.165) is 11.3 Å². The maximum absolute atomic E-state index is 12.6. The van der Waals surface area contributed by atoms with Crippen LogP contribution in [0.5, 0.6) is 17.2 Å². The number of benzene rings is 2. The molecule has 0 fully saturated rings. The van der Waals surface area contributed by atoms with Gasteiger partial charge >= 0.3 is 0 Å². The van der Waals surface area contributed by atoms with Gasteiger partial charge < -0.3 is 29.4 Å². The average Bonchev–Trinajstić information content (AvgIpc) is 3.39. The summed E-state index contributed by atoms with van der Waals surface area (Å²) in [6, 6.07) is 12.6. The number of fused-ring (bicyclic) bond motifs is 1. The van der Waals surface area contributed by atoms with Crippen LogP contribution in [0.1, 0.15) is 16.8 Å². The van der Waals surface area contributed by atoms with Crippen molar-refractivity contribution in [1.82, 2.24) is 4.57 Å². The number of anilines is 2. The van der Waals surface area contributed by atoms with Crippen molar-refractivity contribution in [2.75, 3.05) is 32.0 Å². The number of rotatable bonds is 7. The number of carbonyl (C=O) groups is 2. The number of amides is 2. The molecule has 0 saturated carbocycles. The Labute approximate surface area is 197 Å². The van der Waals surface area contributed by atoms with Crippen LogP contribution in [0.15, 0.2) is 54.7 Å². The van der Waals surface area contributed by atoms with Gasteiger partial charge in [0.25, 0.3) is 5.91 Å². The lowest BCUT2D eigenvalue weighted by Crippen LogP contribution is -2.07. The summed E-state index contributed by atoms with van der Waals surface area (Å²) in [5.41, 5.74) is 4.17. The monoisotopic (exact) mass is 459 g/mol. The maximum Gasteiger partial charge on any atom is 0.256 e. The molecule has 8 heteroatoms. The summed E-state index contributed by atoms with van der Waals surface area (Å²) < 4.78 is 17.9. The maximum atomic E-state index is 12.6. The van der Waals surface area contributed by atoms with Crippen molar-refractivity contribution < 1.29 is 23.8 Å². The molecule has 4 rings (SSSR count). The SMILES string of the molecule is COc1cc(/C=C/C(=O)Nc2ccc3c(c2)/C(=C\c2cccn2C)C(=O)N3)cc(OC)c1OC. The Morgan fingerprint density at radius 3 is 2.38 bits per heavy atom. The Morgan fingerprint density at radius 1 is 1.03 bits per heavy atom. The summed E-state index contributed by atoms with van der Waals surface area (Å²) in [5.74, 6) is 0.971. The molecule has 34 heavy (non-hydrogen) atoms. The normalized spacial score (nSPS) is 13.6. The molecule has 0 radical (unpaired) electrons. The zero-order valence-corrected chi connectivity index (χ0v) is 19.3. The number of hydrogen-bond acceptors (Lipinski definition) is 5. The molecule has 0 saturated heterocycles. The molecule has 1 aromatic heterocycles. The lowest BCUT2D eigenvalue weighted by Gasteiger charge is -2.12. The van der Waals surface area contributed by atoms with Gasteiger partial charge in [-0.1, -0.05) is 0 Å². The number of carbonyl (C=O) groups excluding carboxylic acids is 2. The Hall–Kier alpha value is -4.46. The largest absolute Gasteiger partial charge is 0.493 e. The topological polar surface area (TPSA) is 90.8 Å². The standard InChI is InChI=1S/C26H25N3O5/c1-29-11-5-6-18(29)15-20-19-14-17(8-9-21(19)28-26(20)31)27-24(30)10-7-16-12-22(32-2)25(34-4)23(13-16)33-3/h5-15H,1-4H3,(H,27,30)(H,28,31)/b10-7+,20-15+. The third-order valence-electron chi connectivity index (χ3n) is 5.46. The van der Waals surface area contributed by atoms with Crippen molar-refractivity contribution >= 4 is 40.9 Å². The summed E-state index contributed by atoms with van der Waals surface area (Å²) in [4.78, 5) is 25.1. The molecule has 1 aliphatic rings. The lowest BCUT2D eigenvalue weighted by molar-refractivity contribution is -0.112. The smallest absolute Gasteiger partial charge is 0.256 e. The molecule has 2 heterocycles. The molecule has 174 valence electrons. The second-order valence-electron chi connectivity index (χ2n) is 7.60. The first-order valence-corrected chi connectivity index (χ1v) is 10.5. The summed E-state index contributed by atoms with van der Waals surface area (Å²) in [6.07, 6.45) is 6.81. The molecule has 0 spiro atoms. The minimum absolute atomic E-state index is 0.179. The zero-order chi connectivity index (χ0) is 24.2. The van der Waals surface area contributed by atoms with Crippen molar-refractivity contribution in [1.29, 1.82) is 0 Å². The number of hydrogen-bond donors (Lipinski definition) is 2. The van der Waals surface area contributed by atoms with E-state index in [1.165, 1.54) is 27.4 Å². The van der Waals surface area contributed by atoms with E-state index in [4.69, 9.17) is 14.2 Å². The first kappa shape index (κ1) is 22.7. The van der Waals surface area contributed by atoms with Gasteiger partial charge in [-0.25, -0.2) is 0 Å². The fourth-order valence-corrected chi connectivity index (χ4v) is 3.73. The van der Waals surface area contributed by atoms with E-state index in [1.807, 2.05) is 36.0 Å². The number of aromatic nitrogens is 1. The molecule has 3 aromatic rings.